The van der Waals surface area contributed by atoms with Gasteiger partial charge in [0.2, 0.25) is 0 Å². The lowest BCUT2D eigenvalue weighted by atomic mass is 10.8. The van der Waals surface area contributed by atoms with Crippen molar-refractivity contribution in [1.29, 1.82) is 0 Å². The molecular formula is C4H7NS3. The molecule has 1 nitrogen and oxygen atoms in total. The molecule has 1 N–H and O–H groups in total. The fraction of sp³-hybridized carbons (Fsp3) is 0.250. The lowest BCUT2D eigenvalue weighted by Crippen LogP contribution is -2.05. The van der Waals surface area contributed by atoms with Crippen molar-refractivity contribution < 1.29 is 0 Å². The van der Waals surface area contributed by atoms with Crippen LogP contribution in [0.4, 0.5) is 0 Å². The van der Waals surface area contributed by atoms with E-state index in [1.807, 2.05) is 0 Å². The Labute approximate surface area is 64.5 Å². The first-order valence-corrected chi connectivity index (χ1v) is 3.83. The predicted molar refractivity (Wildman–Crippen MR) is 47.4 cm³/mol. The van der Waals surface area contributed by atoms with Crippen molar-refractivity contribution in [2.45, 2.75) is 0 Å². The summed E-state index contributed by atoms with van der Waals surface area (Å²) in [5.74, 6) is 0.848. The van der Waals surface area contributed by atoms with Crippen LogP contribution in [0.15, 0.2) is 12.7 Å². The largest absolute Gasteiger partial charge is 0.315 e. The molecule has 0 radical (unpaired) electrons. The molecule has 0 fully saturated rings. The Bertz CT molecular complexity index is 91.3. The maximum Gasteiger partial charge on any atom is 0.140 e. The van der Waals surface area contributed by atoms with Crippen LogP contribution in [0.2, 0.25) is 0 Å². The van der Waals surface area contributed by atoms with E-state index in [2.05, 4.69) is 36.1 Å². The van der Waals surface area contributed by atoms with Crippen LogP contribution < -0.4 is 4.72 Å². The fourth-order valence-electron chi connectivity index (χ4n) is 0.162. The maximum atomic E-state index is 4.61. The quantitative estimate of drug-likeness (QED) is 0.217. The molecule has 0 spiro atoms. The molecule has 0 amide bonds. The zero-order valence-electron chi connectivity index (χ0n) is 4.26. The second kappa shape index (κ2) is 5.47. The zero-order valence-corrected chi connectivity index (χ0v) is 6.78. The van der Waals surface area contributed by atoms with Crippen LogP contribution in [0.25, 0.3) is 0 Å². The number of thiocarbonyl (C=S) groups is 1. The Morgan fingerprint density at radius 3 is 3.00 bits per heavy atom. The zero-order chi connectivity index (χ0) is 6.41. The van der Waals surface area contributed by atoms with Crippen molar-refractivity contribution in [3.05, 3.63) is 12.7 Å². The third-order valence-corrected chi connectivity index (χ3v) is 1.61. The van der Waals surface area contributed by atoms with Crippen LogP contribution >= 0.6 is 36.8 Å². The van der Waals surface area contributed by atoms with Gasteiger partial charge in [0.25, 0.3) is 0 Å². The van der Waals surface area contributed by atoms with Gasteiger partial charge in [0, 0.05) is 5.75 Å². The summed E-state index contributed by atoms with van der Waals surface area (Å²) in [6, 6.07) is 0. The standard InChI is InChI=1S/C4H7NS3/c1-2-3-8-5-4(6)7/h2H,1,3H2,(H2,5,6,7). The molecule has 8 heavy (non-hydrogen) atoms. The third kappa shape index (κ3) is 6.33. The van der Waals surface area contributed by atoms with Crippen molar-refractivity contribution in [2.75, 3.05) is 5.75 Å². The Hall–Kier alpha value is 0.330. The first-order chi connectivity index (χ1) is 3.77. The molecule has 0 aliphatic rings. The molecule has 0 atom stereocenters. The van der Waals surface area contributed by atoms with Crippen LogP contribution in [-0.2, 0) is 0 Å². The minimum Gasteiger partial charge on any atom is -0.315 e. The van der Waals surface area contributed by atoms with Gasteiger partial charge in [-0.2, -0.15) is 0 Å². The van der Waals surface area contributed by atoms with Gasteiger partial charge < -0.3 is 4.72 Å². The summed E-state index contributed by atoms with van der Waals surface area (Å²) in [5, 5.41) is 0. The number of hydrogen-bond acceptors (Lipinski definition) is 2. The molecule has 46 valence electrons. The summed E-state index contributed by atoms with van der Waals surface area (Å²) in [5.41, 5.74) is 0. The summed E-state index contributed by atoms with van der Waals surface area (Å²) in [6.07, 6.45) is 1.80. The first kappa shape index (κ1) is 8.33. The first-order valence-electron chi connectivity index (χ1n) is 1.99. The van der Waals surface area contributed by atoms with E-state index in [4.69, 9.17) is 0 Å². The highest BCUT2D eigenvalue weighted by Crippen LogP contribution is 1.93. The van der Waals surface area contributed by atoms with Crippen molar-refractivity contribution in [1.82, 2.24) is 4.72 Å². The summed E-state index contributed by atoms with van der Waals surface area (Å²) in [7, 11) is 0. The van der Waals surface area contributed by atoms with Crippen molar-refractivity contribution in [2.24, 2.45) is 0 Å². The second-order valence-electron chi connectivity index (χ2n) is 1.01. The fourth-order valence-corrected chi connectivity index (χ4v) is 0.857. The molecule has 0 bridgehead atoms. The van der Waals surface area contributed by atoms with Gasteiger partial charge in [-0.1, -0.05) is 18.3 Å². The highest BCUT2D eigenvalue weighted by Gasteiger charge is 1.82. The van der Waals surface area contributed by atoms with E-state index in [1.54, 1.807) is 6.08 Å². The molecule has 0 saturated carbocycles. The maximum absolute atomic E-state index is 4.61. The van der Waals surface area contributed by atoms with Crippen LogP contribution in [-0.4, -0.2) is 10.1 Å². The molecule has 0 aromatic carbocycles. The smallest absolute Gasteiger partial charge is 0.140 e. The van der Waals surface area contributed by atoms with Gasteiger partial charge in [-0.25, -0.2) is 0 Å². The minimum atomic E-state index is 0.511. The topological polar surface area (TPSA) is 12.0 Å². The van der Waals surface area contributed by atoms with Crippen LogP contribution in [0, 0.1) is 0 Å². The van der Waals surface area contributed by atoms with Gasteiger partial charge in [0.15, 0.2) is 0 Å². The Morgan fingerprint density at radius 1 is 2.00 bits per heavy atom. The van der Waals surface area contributed by atoms with Crippen molar-refractivity contribution in [3.63, 3.8) is 0 Å². The van der Waals surface area contributed by atoms with E-state index in [9.17, 15) is 0 Å². The van der Waals surface area contributed by atoms with E-state index in [0.717, 1.165) is 5.75 Å². The number of thiol groups is 1. The van der Waals surface area contributed by atoms with Crippen LogP contribution in [0.1, 0.15) is 0 Å². The van der Waals surface area contributed by atoms with E-state index in [1.165, 1.54) is 11.9 Å². The molecule has 4 heteroatoms. The van der Waals surface area contributed by atoms with Crippen molar-refractivity contribution in [3.8, 4) is 0 Å². The highest BCUT2D eigenvalue weighted by molar-refractivity contribution is 8.13. The Kier molecular flexibility index (Phi) is 5.69. The van der Waals surface area contributed by atoms with Gasteiger partial charge in [-0.15, -0.1) is 19.2 Å². The third-order valence-electron chi connectivity index (χ3n) is 0.361. The van der Waals surface area contributed by atoms with E-state index in [0.29, 0.717) is 4.32 Å². The molecule has 0 aromatic rings. The molecule has 0 aliphatic heterocycles. The van der Waals surface area contributed by atoms with Gasteiger partial charge in [0.1, 0.15) is 4.32 Å². The number of nitrogens with one attached hydrogen (secondary N) is 1. The number of hydrogen-bond donors (Lipinski definition) is 2. The van der Waals surface area contributed by atoms with Gasteiger partial charge >= 0.3 is 0 Å². The van der Waals surface area contributed by atoms with Gasteiger partial charge in [-0.05, 0) is 11.9 Å². The molecule has 0 heterocycles. The average molecular weight is 165 g/mol. The van der Waals surface area contributed by atoms with Gasteiger partial charge in [0.05, 0.1) is 0 Å². The van der Waals surface area contributed by atoms with E-state index < -0.39 is 0 Å². The summed E-state index contributed by atoms with van der Waals surface area (Å²) in [6.45, 7) is 3.53. The Morgan fingerprint density at radius 2 is 2.62 bits per heavy atom. The molecular weight excluding hydrogens is 158 g/mol. The van der Waals surface area contributed by atoms with Gasteiger partial charge in [-0.3, -0.25) is 0 Å². The van der Waals surface area contributed by atoms with E-state index >= 15 is 0 Å². The van der Waals surface area contributed by atoms with E-state index in [-0.39, 0.29) is 0 Å². The SMILES string of the molecule is C=CCSNC(=S)S. The lowest BCUT2D eigenvalue weighted by Gasteiger charge is -1.95. The summed E-state index contributed by atoms with van der Waals surface area (Å²) >= 11 is 9.92. The number of rotatable bonds is 3. The molecule has 0 rings (SSSR count). The summed E-state index contributed by atoms with van der Waals surface area (Å²) in [4.78, 5) is 0. The summed E-state index contributed by atoms with van der Waals surface area (Å²) < 4.78 is 3.30. The lowest BCUT2D eigenvalue weighted by molar-refractivity contribution is 1.61. The predicted octanol–water partition coefficient (Wildman–Crippen LogP) is 1.62. The van der Waals surface area contributed by atoms with Crippen LogP contribution in [0.3, 0.4) is 0 Å². The molecule has 0 unspecified atom stereocenters. The Balaban J connectivity index is 2.93. The monoisotopic (exact) mass is 165 g/mol. The van der Waals surface area contributed by atoms with Crippen LogP contribution in [0.5, 0.6) is 0 Å². The second-order valence-corrected chi connectivity index (χ2v) is 2.99. The normalized spacial score (nSPS) is 8.12. The highest BCUT2D eigenvalue weighted by atomic mass is 32.2. The van der Waals surface area contributed by atoms with Crippen molar-refractivity contribution >= 4 is 41.1 Å². The molecule has 0 saturated heterocycles. The average Bonchev–Trinajstić information content (AvgIpc) is 1.66. The molecule has 0 aliphatic carbocycles. The minimum absolute atomic E-state index is 0.511. The molecule has 0 aromatic heterocycles.